The van der Waals surface area contributed by atoms with Gasteiger partial charge in [0, 0.05) is 13.6 Å². The summed E-state index contributed by atoms with van der Waals surface area (Å²) in [5, 5.41) is 8.48. The Hall–Kier alpha value is -2.55. The second kappa shape index (κ2) is 5.82. The second-order valence-electron chi connectivity index (χ2n) is 6.27. The van der Waals surface area contributed by atoms with Crippen LogP contribution in [0.4, 0.5) is 0 Å². The molecule has 1 N–H and O–H groups in total. The molecule has 24 heavy (non-hydrogen) atoms. The number of fused-ring (bicyclic) bond motifs is 1. The fourth-order valence-corrected chi connectivity index (χ4v) is 3.24. The molecule has 126 valence electrons. The largest absolute Gasteiger partial charge is 0.339 e. The number of aryl methyl sites for hydroxylation is 2. The van der Waals surface area contributed by atoms with Crippen molar-refractivity contribution < 1.29 is 4.52 Å². The third-order valence-corrected chi connectivity index (χ3v) is 4.42. The van der Waals surface area contributed by atoms with Crippen molar-refractivity contribution in [3.8, 4) is 0 Å². The fraction of sp³-hybridized carbons (Fsp3) is 0.533. The van der Waals surface area contributed by atoms with Crippen molar-refractivity contribution >= 4 is 11.0 Å². The van der Waals surface area contributed by atoms with Gasteiger partial charge in [0.2, 0.25) is 5.89 Å². The summed E-state index contributed by atoms with van der Waals surface area (Å²) in [6.45, 7) is 4.18. The van der Waals surface area contributed by atoms with E-state index in [1.54, 1.807) is 17.9 Å². The molecule has 3 aromatic heterocycles. The Morgan fingerprint density at radius 1 is 1.42 bits per heavy atom. The van der Waals surface area contributed by atoms with Crippen LogP contribution in [0.1, 0.15) is 36.3 Å². The van der Waals surface area contributed by atoms with Crippen LogP contribution in [0.3, 0.4) is 0 Å². The number of aromatic nitrogens is 6. The van der Waals surface area contributed by atoms with Crippen LogP contribution < -0.4 is 5.56 Å². The molecule has 1 aliphatic rings. The Bertz CT molecular complexity index is 925. The van der Waals surface area contributed by atoms with Gasteiger partial charge in [-0.25, -0.2) is 4.98 Å². The predicted octanol–water partition coefficient (Wildman–Crippen LogP) is 0.728. The van der Waals surface area contributed by atoms with Crippen molar-refractivity contribution in [3.05, 3.63) is 34.1 Å². The number of hydrogen-bond acceptors (Lipinski definition) is 7. The SMILES string of the molecule is Cc1noc([C@@H]2CCCN(Cc3nc4c(cnn4C)c(=O)[nH]3)C2)n1. The summed E-state index contributed by atoms with van der Waals surface area (Å²) >= 11 is 0. The minimum Gasteiger partial charge on any atom is -0.339 e. The number of likely N-dealkylation sites (tertiary alicyclic amines) is 1. The van der Waals surface area contributed by atoms with E-state index < -0.39 is 0 Å². The van der Waals surface area contributed by atoms with Crippen LogP contribution in [0.25, 0.3) is 11.0 Å². The van der Waals surface area contributed by atoms with Crippen LogP contribution in [-0.2, 0) is 13.6 Å². The van der Waals surface area contributed by atoms with E-state index in [0.29, 0.717) is 35.1 Å². The molecule has 0 bridgehead atoms. The molecule has 0 saturated carbocycles. The van der Waals surface area contributed by atoms with E-state index in [-0.39, 0.29) is 11.5 Å². The molecule has 0 radical (unpaired) electrons. The Morgan fingerprint density at radius 3 is 3.08 bits per heavy atom. The molecule has 0 aromatic carbocycles. The summed E-state index contributed by atoms with van der Waals surface area (Å²) in [6.07, 6.45) is 3.62. The van der Waals surface area contributed by atoms with Crippen LogP contribution in [0.2, 0.25) is 0 Å². The van der Waals surface area contributed by atoms with Gasteiger partial charge in [0.15, 0.2) is 11.5 Å². The first-order valence-corrected chi connectivity index (χ1v) is 8.03. The predicted molar refractivity (Wildman–Crippen MR) is 85.4 cm³/mol. The van der Waals surface area contributed by atoms with E-state index in [4.69, 9.17) is 4.52 Å². The molecular formula is C15H19N7O2. The lowest BCUT2D eigenvalue weighted by atomic mass is 9.98. The van der Waals surface area contributed by atoms with Crippen molar-refractivity contribution in [1.29, 1.82) is 0 Å². The van der Waals surface area contributed by atoms with E-state index in [0.717, 1.165) is 25.9 Å². The average Bonchev–Trinajstić information content (AvgIpc) is 3.15. The molecule has 0 amide bonds. The first kappa shape index (κ1) is 15.0. The van der Waals surface area contributed by atoms with E-state index in [9.17, 15) is 4.79 Å². The van der Waals surface area contributed by atoms with Crippen molar-refractivity contribution in [2.45, 2.75) is 32.2 Å². The molecule has 3 aromatic rings. The van der Waals surface area contributed by atoms with Crippen LogP contribution >= 0.6 is 0 Å². The zero-order valence-corrected chi connectivity index (χ0v) is 13.7. The number of H-pyrrole nitrogens is 1. The zero-order chi connectivity index (χ0) is 16.7. The van der Waals surface area contributed by atoms with E-state index in [1.165, 1.54) is 0 Å². The Kier molecular flexibility index (Phi) is 3.64. The van der Waals surface area contributed by atoms with Crippen LogP contribution in [-0.4, -0.2) is 47.9 Å². The first-order valence-electron chi connectivity index (χ1n) is 8.03. The van der Waals surface area contributed by atoms with Gasteiger partial charge in [-0.15, -0.1) is 0 Å². The molecule has 0 aliphatic carbocycles. The van der Waals surface area contributed by atoms with E-state index in [1.807, 2.05) is 6.92 Å². The quantitative estimate of drug-likeness (QED) is 0.755. The summed E-state index contributed by atoms with van der Waals surface area (Å²) in [5.41, 5.74) is 0.457. The van der Waals surface area contributed by atoms with Gasteiger partial charge in [0.25, 0.3) is 5.56 Å². The number of aromatic amines is 1. The highest BCUT2D eigenvalue weighted by Crippen LogP contribution is 2.26. The lowest BCUT2D eigenvalue weighted by Gasteiger charge is -2.30. The number of hydrogen-bond donors (Lipinski definition) is 1. The molecule has 4 heterocycles. The highest BCUT2D eigenvalue weighted by molar-refractivity contribution is 5.72. The normalized spacial score (nSPS) is 19.2. The maximum Gasteiger partial charge on any atom is 0.262 e. The maximum atomic E-state index is 12.1. The van der Waals surface area contributed by atoms with Crippen LogP contribution in [0.5, 0.6) is 0 Å². The van der Waals surface area contributed by atoms with Crippen molar-refractivity contribution in [2.75, 3.05) is 13.1 Å². The van der Waals surface area contributed by atoms with Gasteiger partial charge in [-0.1, -0.05) is 5.16 Å². The fourth-order valence-electron chi connectivity index (χ4n) is 3.24. The molecule has 9 nitrogen and oxygen atoms in total. The van der Waals surface area contributed by atoms with Gasteiger partial charge in [-0.2, -0.15) is 10.1 Å². The van der Waals surface area contributed by atoms with Gasteiger partial charge in [-0.05, 0) is 26.3 Å². The highest BCUT2D eigenvalue weighted by atomic mass is 16.5. The van der Waals surface area contributed by atoms with Gasteiger partial charge < -0.3 is 9.51 Å². The Balaban J connectivity index is 1.54. The van der Waals surface area contributed by atoms with Gasteiger partial charge >= 0.3 is 0 Å². The summed E-state index contributed by atoms with van der Waals surface area (Å²) in [4.78, 5) is 26.1. The van der Waals surface area contributed by atoms with Crippen LogP contribution in [0.15, 0.2) is 15.5 Å². The third kappa shape index (κ3) is 2.71. The maximum absolute atomic E-state index is 12.1. The molecule has 1 atom stereocenters. The molecule has 1 fully saturated rings. The molecule has 4 rings (SSSR count). The molecule has 0 spiro atoms. The molecular weight excluding hydrogens is 310 g/mol. The number of nitrogens with one attached hydrogen (secondary N) is 1. The number of nitrogens with zero attached hydrogens (tertiary/aromatic N) is 6. The summed E-state index contributed by atoms with van der Waals surface area (Å²) in [7, 11) is 1.79. The van der Waals surface area contributed by atoms with Crippen molar-refractivity contribution in [2.24, 2.45) is 7.05 Å². The third-order valence-electron chi connectivity index (χ3n) is 4.42. The standard InChI is InChI=1S/C15H19N7O2/c1-9-17-15(24-20-9)10-4-3-5-22(7-10)8-12-18-13-11(14(23)19-12)6-16-21(13)2/h6,10H,3-5,7-8H2,1-2H3,(H,18,19,23)/t10-/m1/s1. The van der Waals surface area contributed by atoms with E-state index >= 15 is 0 Å². The second-order valence-corrected chi connectivity index (χ2v) is 6.27. The summed E-state index contributed by atoms with van der Waals surface area (Å²) in [5.74, 6) is 2.24. The van der Waals surface area contributed by atoms with Gasteiger partial charge in [0.05, 0.1) is 18.7 Å². The number of piperidine rings is 1. The topological polar surface area (TPSA) is 106 Å². The molecule has 1 saturated heterocycles. The minimum absolute atomic E-state index is 0.149. The van der Waals surface area contributed by atoms with Gasteiger partial charge in [0.1, 0.15) is 11.2 Å². The monoisotopic (exact) mass is 329 g/mol. The summed E-state index contributed by atoms with van der Waals surface area (Å²) in [6, 6.07) is 0. The van der Waals surface area contributed by atoms with E-state index in [2.05, 4.69) is 30.1 Å². The van der Waals surface area contributed by atoms with Crippen molar-refractivity contribution in [3.63, 3.8) is 0 Å². The zero-order valence-electron chi connectivity index (χ0n) is 13.7. The van der Waals surface area contributed by atoms with Crippen molar-refractivity contribution in [1.82, 2.24) is 34.8 Å². The molecule has 9 heteroatoms. The Labute approximate surface area is 137 Å². The smallest absolute Gasteiger partial charge is 0.262 e. The molecule has 0 unspecified atom stereocenters. The molecule has 1 aliphatic heterocycles. The summed E-state index contributed by atoms with van der Waals surface area (Å²) < 4.78 is 6.93. The average molecular weight is 329 g/mol. The lowest BCUT2D eigenvalue weighted by Crippen LogP contribution is -2.35. The highest BCUT2D eigenvalue weighted by Gasteiger charge is 2.26. The van der Waals surface area contributed by atoms with Crippen LogP contribution in [0, 0.1) is 6.92 Å². The minimum atomic E-state index is -0.149. The number of rotatable bonds is 3. The first-order chi connectivity index (χ1) is 11.6. The lowest BCUT2D eigenvalue weighted by molar-refractivity contribution is 0.176. The Morgan fingerprint density at radius 2 is 2.29 bits per heavy atom. The van der Waals surface area contributed by atoms with Gasteiger partial charge in [-0.3, -0.25) is 14.4 Å².